The van der Waals surface area contributed by atoms with Crippen molar-refractivity contribution >= 4 is 39.1 Å². The van der Waals surface area contributed by atoms with Gasteiger partial charge < -0.3 is 24.0 Å². The number of aryl methyl sites for hydroxylation is 1. The first-order valence-electron chi connectivity index (χ1n) is 19.6. The minimum absolute atomic E-state index is 0.0434. The molecule has 3 heterocycles. The van der Waals surface area contributed by atoms with Crippen LogP contribution < -0.4 is 14.4 Å². The van der Waals surface area contributed by atoms with Crippen molar-refractivity contribution in [2.24, 2.45) is 11.8 Å². The molecule has 7 rings (SSSR count). The average Bonchev–Trinajstić information content (AvgIpc) is 3.28. The Balaban J connectivity index is 1.21. The topological polar surface area (TPSA) is 118 Å². The Kier molecular flexibility index (Phi) is 11.4. The van der Waals surface area contributed by atoms with Crippen molar-refractivity contribution in [3.05, 3.63) is 70.3 Å². The normalized spacial score (nSPS) is 27.1. The van der Waals surface area contributed by atoms with Crippen LogP contribution in [0.4, 0.5) is 5.69 Å². The number of methoxy groups -OCH3 is 1. The number of sulfonamides is 1. The van der Waals surface area contributed by atoms with Crippen LogP contribution in [-0.2, 0) is 36.1 Å². The Hall–Kier alpha value is -3.16. The first-order chi connectivity index (χ1) is 25.9. The molecule has 2 amide bonds. The van der Waals surface area contributed by atoms with Gasteiger partial charge in [0, 0.05) is 62.4 Å². The van der Waals surface area contributed by atoms with E-state index in [1.165, 1.54) is 11.1 Å². The number of hydrogen-bond acceptors (Lipinski definition) is 9. The lowest BCUT2D eigenvalue weighted by Gasteiger charge is -2.53. The molecule has 11 nitrogen and oxygen atoms in total. The Morgan fingerprint density at radius 2 is 2.02 bits per heavy atom. The van der Waals surface area contributed by atoms with Crippen LogP contribution in [0.15, 0.2) is 48.6 Å². The fourth-order valence-corrected chi connectivity index (χ4v) is 10.2. The largest absolute Gasteiger partial charge is 0.490 e. The number of ether oxygens (including phenoxy) is 3. The van der Waals surface area contributed by atoms with E-state index in [1.807, 2.05) is 24.1 Å². The van der Waals surface area contributed by atoms with Gasteiger partial charge in [-0.25, -0.2) is 13.1 Å². The van der Waals surface area contributed by atoms with Crippen molar-refractivity contribution in [3.8, 4) is 5.75 Å². The van der Waals surface area contributed by atoms with Gasteiger partial charge in [0.25, 0.3) is 5.91 Å². The standard InChI is InChI=1S/C41H55ClN4O7S/c1-5-6-16-41(51-4,26-44-17-18-46-33(22-44)23-52-24-38(46)47)35-12-9-31(35)21-45-25-40(15-7-8-29-19-32(42)11-13-34(29)40)27-53-37-14-10-30(20-36(37)45)39(48)43-54(49,50)28(2)3/h6,10-11,13-14,16,19-20,28,31,33,35H,5,7-9,12,15,17-18,21-27H2,1-4H3,(H,43,48)/b16-6+/t31-,33-,35+,40-,41+/m0/s1. The lowest BCUT2D eigenvalue weighted by Crippen LogP contribution is -2.63. The molecule has 294 valence electrons. The van der Waals surface area contributed by atoms with Gasteiger partial charge in [-0.1, -0.05) is 36.7 Å². The Bertz CT molecular complexity index is 1870. The maximum Gasteiger partial charge on any atom is 0.264 e. The fourth-order valence-electron chi connectivity index (χ4n) is 9.42. The Morgan fingerprint density at radius 1 is 1.19 bits per heavy atom. The summed E-state index contributed by atoms with van der Waals surface area (Å²) in [6.45, 7) is 10.7. The number of carbonyl (C=O) groups excluding carboxylic acids is 2. The molecular formula is C41H55ClN4O7S. The zero-order valence-corrected chi connectivity index (χ0v) is 33.6. The third kappa shape index (κ3) is 7.65. The molecule has 5 aliphatic rings. The SMILES string of the molecule is CC/C=C/[C@](CN1CCN2C(=O)COC[C@@H]2C1)(OC)[C@@H]1CC[C@H]1CN1C[C@@]2(CCCc3cc(Cl)ccc32)COc2ccc(C(=O)NS(=O)(=O)C(C)C)cc21. The molecule has 3 fully saturated rings. The van der Waals surface area contributed by atoms with Gasteiger partial charge in [-0.15, -0.1) is 0 Å². The molecule has 0 aromatic heterocycles. The summed E-state index contributed by atoms with van der Waals surface area (Å²) in [6, 6.07) is 11.5. The summed E-state index contributed by atoms with van der Waals surface area (Å²) in [5, 5.41) is -0.0209. The summed E-state index contributed by atoms with van der Waals surface area (Å²) >= 11 is 6.50. The second-order valence-corrected chi connectivity index (χ2v) is 18.9. The number of fused-ring (bicyclic) bond motifs is 4. The maximum absolute atomic E-state index is 13.4. The smallest absolute Gasteiger partial charge is 0.264 e. The summed E-state index contributed by atoms with van der Waals surface area (Å²) in [6.07, 6.45) is 10.3. The van der Waals surface area contributed by atoms with E-state index in [9.17, 15) is 18.0 Å². The highest BCUT2D eigenvalue weighted by Crippen LogP contribution is 2.49. The van der Waals surface area contributed by atoms with Gasteiger partial charge in [0.05, 0.1) is 30.2 Å². The van der Waals surface area contributed by atoms with E-state index in [1.54, 1.807) is 26.0 Å². The van der Waals surface area contributed by atoms with Crippen molar-refractivity contribution in [2.45, 2.75) is 81.6 Å². The molecule has 3 aliphatic heterocycles. The number of benzene rings is 2. The number of amides is 2. The zero-order valence-electron chi connectivity index (χ0n) is 32.0. The van der Waals surface area contributed by atoms with Crippen LogP contribution in [0.1, 0.15) is 74.4 Å². The minimum Gasteiger partial charge on any atom is -0.490 e. The third-order valence-corrected chi connectivity index (χ3v) is 14.5. The van der Waals surface area contributed by atoms with Crippen molar-refractivity contribution in [3.63, 3.8) is 0 Å². The number of nitrogens with zero attached hydrogens (tertiary/aromatic N) is 3. The number of carbonyl (C=O) groups is 2. The summed E-state index contributed by atoms with van der Waals surface area (Å²) in [7, 11) is -2.00. The number of allylic oxidation sites excluding steroid dienone is 1. The van der Waals surface area contributed by atoms with E-state index < -0.39 is 26.8 Å². The average molecular weight is 783 g/mol. The molecule has 54 heavy (non-hydrogen) atoms. The van der Waals surface area contributed by atoms with Crippen LogP contribution >= 0.6 is 11.6 Å². The molecule has 2 aromatic carbocycles. The number of rotatable bonds is 11. The highest BCUT2D eigenvalue weighted by molar-refractivity contribution is 7.90. The molecular weight excluding hydrogens is 728 g/mol. The van der Waals surface area contributed by atoms with Crippen LogP contribution in [0, 0.1) is 11.8 Å². The number of hydrogen-bond donors (Lipinski definition) is 1. The van der Waals surface area contributed by atoms with E-state index in [0.717, 1.165) is 62.3 Å². The molecule has 2 aromatic rings. The van der Waals surface area contributed by atoms with E-state index in [4.69, 9.17) is 25.8 Å². The van der Waals surface area contributed by atoms with Gasteiger partial charge in [-0.3, -0.25) is 14.5 Å². The predicted molar refractivity (Wildman–Crippen MR) is 210 cm³/mol. The molecule has 13 heteroatoms. The summed E-state index contributed by atoms with van der Waals surface area (Å²) in [5.74, 6) is 0.578. The molecule has 1 spiro atoms. The summed E-state index contributed by atoms with van der Waals surface area (Å²) < 4.78 is 46.6. The van der Waals surface area contributed by atoms with Crippen molar-refractivity contribution in [2.75, 3.05) is 71.1 Å². The first-order valence-corrected chi connectivity index (χ1v) is 21.5. The van der Waals surface area contributed by atoms with Crippen molar-refractivity contribution < 1.29 is 32.2 Å². The molecule has 5 atom stereocenters. The van der Waals surface area contributed by atoms with Crippen LogP contribution in [0.5, 0.6) is 5.75 Å². The van der Waals surface area contributed by atoms with Gasteiger partial charge >= 0.3 is 0 Å². The minimum atomic E-state index is -3.82. The van der Waals surface area contributed by atoms with Gasteiger partial charge in [-0.05, 0) is 106 Å². The molecule has 2 aliphatic carbocycles. The number of nitrogens with one attached hydrogen (secondary N) is 1. The Labute approximate surface area is 325 Å². The summed E-state index contributed by atoms with van der Waals surface area (Å²) in [4.78, 5) is 32.8. The quantitative estimate of drug-likeness (QED) is 0.307. The molecule has 2 saturated heterocycles. The van der Waals surface area contributed by atoms with Crippen LogP contribution in [-0.4, -0.2) is 113 Å². The van der Waals surface area contributed by atoms with Gasteiger partial charge in [0.1, 0.15) is 18.0 Å². The number of halogens is 1. The van der Waals surface area contributed by atoms with Gasteiger partial charge in [0.2, 0.25) is 15.9 Å². The summed E-state index contributed by atoms with van der Waals surface area (Å²) in [5.41, 5.74) is 2.72. The molecule has 0 radical (unpaired) electrons. The maximum atomic E-state index is 13.4. The second-order valence-electron chi connectivity index (χ2n) is 16.2. The second kappa shape index (κ2) is 15.8. The van der Waals surface area contributed by atoms with E-state index in [2.05, 4.69) is 45.7 Å². The van der Waals surface area contributed by atoms with Gasteiger partial charge in [-0.2, -0.15) is 0 Å². The van der Waals surface area contributed by atoms with Crippen molar-refractivity contribution in [1.82, 2.24) is 14.5 Å². The molecule has 1 saturated carbocycles. The fraction of sp³-hybridized carbons (Fsp3) is 0.610. The Morgan fingerprint density at radius 3 is 2.76 bits per heavy atom. The van der Waals surface area contributed by atoms with E-state index in [0.29, 0.717) is 45.1 Å². The van der Waals surface area contributed by atoms with Gasteiger partial charge in [0.15, 0.2) is 0 Å². The van der Waals surface area contributed by atoms with Crippen LogP contribution in [0.3, 0.4) is 0 Å². The number of piperazine rings is 1. The number of morpholine rings is 1. The van der Waals surface area contributed by atoms with E-state index >= 15 is 0 Å². The third-order valence-electron chi connectivity index (χ3n) is 12.6. The molecule has 1 N–H and O–H groups in total. The molecule has 0 unspecified atom stereocenters. The highest BCUT2D eigenvalue weighted by Gasteiger charge is 2.50. The highest BCUT2D eigenvalue weighted by atomic mass is 35.5. The van der Waals surface area contributed by atoms with E-state index in [-0.39, 0.29) is 41.4 Å². The number of anilines is 1. The molecule has 0 bridgehead atoms. The van der Waals surface area contributed by atoms with Crippen molar-refractivity contribution in [1.29, 1.82) is 0 Å². The predicted octanol–water partition coefficient (Wildman–Crippen LogP) is 5.20. The lowest BCUT2D eigenvalue weighted by molar-refractivity contribution is -0.155. The van der Waals surface area contributed by atoms with Crippen LogP contribution in [0.2, 0.25) is 5.02 Å². The monoisotopic (exact) mass is 782 g/mol. The lowest BCUT2D eigenvalue weighted by atomic mass is 9.63. The first kappa shape index (κ1) is 39.1. The van der Waals surface area contributed by atoms with Crippen LogP contribution in [0.25, 0.3) is 0 Å². The zero-order chi connectivity index (χ0) is 38.3.